The summed E-state index contributed by atoms with van der Waals surface area (Å²) in [6, 6.07) is 0. The first-order valence-corrected chi connectivity index (χ1v) is 44.3. The van der Waals surface area contributed by atoms with E-state index < -0.39 is 24.3 Å². The van der Waals surface area contributed by atoms with Gasteiger partial charge >= 0.3 is 11.9 Å². The smallest absolute Gasteiger partial charge is 0.306 e. The van der Waals surface area contributed by atoms with E-state index in [1.807, 2.05) is 21.1 Å². The third-order valence-corrected chi connectivity index (χ3v) is 19.4. The van der Waals surface area contributed by atoms with Crippen LogP contribution in [0.5, 0.6) is 0 Å². The number of quaternary nitrogens is 1. The lowest BCUT2D eigenvalue weighted by Gasteiger charge is -2.26. The number of hydrogen-bond donors (Lipinski definition) is 0. The van der Waals surface area contributed by atoms with E-state index in [1.54, 1.807) is 0 Å². The van der Waals surface area contributed by atoms with E-state index >= 15 is 0 Å². The third kappa shape index (κ3) is 86.5. The molecule has 0 saturated heterocycles. The molecule has 0 aliphatic carbocycles. The van der Waals surface area contributed by atoms with Gasteiger partial charge in [0, 0.05) is 12.8 Å². The number of aliphatic carboxylic acids is 1. The van der Waals surface area contributed by atoms with Crippen molar-refractivity contribution in [1.82, 2.24) is 0 Å². The van der Waals surface area contributed by atoms with E-state index in [1.165, 1.54) is 263 Å². The Morgan fingerprint density at radius 2 is 0.514 bits per heavy atom. The van der Waals surface area contributed by atoms with Crippen LogP contribution in [0.25, 0.3) is 0 Å². The number of unbranched alkanes of at least 4 members (excludes halogenated alkanes) is 45. The summed E-state index contributed by atoms with van der Waals surface area (Å²) in [5.74, 6) is -2.26. The molecule has 0 amide bonds. The van der Waals surface area contributed by atoms with Crippen LogP contribution in [0.1, 0.15) is 399 Å². The molecule has 0 heterocycles. The monoisotopic (exact) mass is 1460 g/mol. The molecule has 0 fully saturated rings. The van der Waals surface area contributed by atoms with Crippen molar-refractivity contribution in [2.24, 2.45) is 0 Å². The first kappa shape index (κ1) is 100. The number of hydrogen-bond acceptors (Lipinski definition) is 8. The molecule has 2 unspecified atom stereocenters. The number of carbonyl (C=O) groups excluding carboxylic acids is 3. The lowest BCUT2D eigenvalue weighted by Crippen LogP contribution is -2.44. The highest BCUT2D eigenvalue weighted by atomic mass is 16.7. The van der Waals surface area contributed by atoms with Gasteiger partial charge in [-0.2, -0.15) is 0 Å². The molecule has 9 heteroatoms. The molecule has 105 heavy (non-hydrogen) atoms. The molecule has 0 aliphatic rings. The minimum Gasteiger partial charge on any atom is -0.545 e. The predicted molar refractivity (Wildman–Crippen MR) is 453 cm³/mol. The van der Waals surface area contributed by atoms with Gasteiger partial charge < -0.3 is 33.3 Å². The van der Waals surface area contributed by atoms with Gasteiger partial charge in [0.05, 0.1) is 40.3 Å². The van der Waals surface area contributed by atoms with Gasteiger partial charge in [0.15, 0.2) is 12.4 Å². The predicted octanol–water partition coefficient (Wildman–Crippen LogP) is 27.8. The number of likely N-dealkylation sites (N-methyl/N-ethyl adjacent to an activating group) is 1. The van der Waals surface area contributed by atoms with Crippen molar-refractivity contribution in [3.63, 3.8) is 0 Å². The molecule has 0 aromatic heterocycles. The summed E-state index contributed by atoms with van der Waals surface area (Å²) in [6.07, 6.45) is 120. The van der Waals surface area contributed by atoms with Crippen molar-refractivity contribution < 1.29 is 42.9 Å². The number of ether oxygens (including phenoxy) is 4. The lowest BCUT2D eigenvalue weighted by atomic mass is 10.0. The molecule has 2 atom stereocenters. The molecule has 0 spiro atoms. The maximum atomic E-state index is 13.0. The fourth-order valence-corrected chi connectivity index (χ4v) is 12.8. The van der Waals surface area contributed by atoms with Crippen LogP contribution in [0.3, 0.4) is 0 Å². The van der Waals surface area contributed by atoms with Crippen LogP contribution in [0.15, 0.2) is 134 Å². The maximum absolute atomic E-state index is 13.0. The van der Waals surface area contributed by atoms with Crippen molar-refractivity contribution in [2.75, 3.05) is 47.5 Å². The second kappa shape index (κ2) is 85.0. The third-order valence-electron chi connectivity index (χ3n) is 19.4. The van der Waals surface area contributed by atoms with Gasteiger partial charge in [-0.3, -0.25) is 9.59 Å². The number of allylic oxidation sites excluding steroid dienone is 22. The number of rotatable bonds is 82. The first-order valence-electron chi connectivity index (χ1n) is 44.3. The summed E-state index contributed by atoms with van der Waals surface area (Å²) in [5.41, 5.74) is 0. The highest BCUT2D eigenvalue weighted by molar-refractivity contribution is 5.70. The SMILES string of the molecule is CC/C=C\C/C=C\C/C=C\C/C=C\C/C=C\C/C=C\CCCCCCCCCCCCCCCCCCCCCCCCC(=O)OC(COC(=O)CCCCCCCCCCCCCCCCCCCCCCCCC/C=C\C/C=C\C/C=C\C/C=C\C/C=C\CC)COC(OCC[N+](C)(C)C)C(=O)[O-]. The molecule has 0 radical (unpaired) electrons. The van der Waals surface area contributed by atoms with Crippen molar-refractivity contribution >= 4 is 17.9 Å². The van der Waals surface area contributed by atoms with E-state index in [9.17, 15) is 19.5 Å². The van der Waals surface area contributed by atoms with E-state index in [0.29, 0.717) is 23.9 Å². The summed E-state index contributed by atoms with van der Waals surface area (Å²) in [4.78, 5) is 37.7. The van der Waals surface area contributed by atoms with Gasteiger partial charge in [0.25, 0.3) is 0 Å². The second-order valence-corrected chi connectivity index (χ2v) is 30.8. The molecule has 0 bridgehead atoms. The Hall–Kier alpha value is -4.57. The first-order chi connectivity index (χ1) is 51.6. The number of esters is 2. The highest BCUT2D eigenvalue weighted by Gasteiger charge is 2.22. The minimum absolute atomic E-state index is 0.147. The Balaban J connectivity index is 3.94. The Labute approximate surface area is 650 Å². The largest absolute Gasteiger partial charge is 0.545 e. The second-order valence-electron chi connectivity index (χ2n) is 30.8. The summed E-state index contributed by atoms with van der Waals surface area (Å²) in [6.45, 7) is 4.57. The molecule has 0 aromatic rings. The zero-order chi connectivity index (χ0) is 76.0. The number of carbonyl (C=O) groups is 3. The number of carboxylic acid groups (broad SMARTS) is 1. The van der Waals surface area contributed by atoms with Crippen molar-refractivity contribution in [3.8, 4) is 0 Å². The fourth-order valence-electron chi connectivity index (χ4n) is 12.8. The van der Waals surface area contributed by atoms with E-state index in [-0.39, 0.29) is 32.2 Å². The highest BCUT2D eigenvalue weighted by Crippen LogP contribution is 2.20. The molecule has 0 rings (SSSR count). The maximum Gasteiger partial charge on any atom is 0.306 e. The summed E-state index contributed by atoms with van der Waals surface area (Å²) >= 11 is 0. The Morgan fingerprint density at radius 3 is 0.762 bits per heavy atom. The van der Waals surface area contributed by atoms with Crippen molar-refractivity contribution in [2.45, 2.75) is 411 Å². The van der Waals surface area contributed by atoms with Gasteiger partial charge in [-0.15, -0.1) is 0 Å². The van der Waals surface area contributed by atoms with Gasteiger partial charge in [0.2, 0.25) is 0 Å². The molecule has 0 aliphatic heterocycles. The van der Waals surface area contributed by atoms with E-state index in [0.717, 1.165) is 103 Å². The Morgan fingerprint density at radius 1 is 0.286 bits per heavy atom. The average molecular weight is 1460 g/mol. The van der Waals surface area contributed by atoms with Gasteiger partial charge in [-0.25, -0.2) is 0 Å². The minimum atomic E-state index is -1.62. The summed E-state index contributed by atoms with van der Waals surface area (Å²) < 4.78 is 22.9. The van der Waals surface area contributed by atoms with Gasteiger partial charge in [-0.05, 0) is 109 Å². The molecule has 0 N–H and O–H groups in total. The summed E-state index contributed by atoms with van der Waals surface area (Å²) in [5, 5.41) is 11.9. The van der Waals surface area contributed by atoms with E-state index in [2.05, 4.69) is 148 Å². The van der Waals surface area contributed by atoms with Gasteiger partial charge in [0.1, 0.15) is 13.2 Å². The fraction of sp³-hybridized carbons (Fsp3) is 0.740. The van der Waals surface area contributed by atoms with Crippen LogP contribution < -0.4 is 5.11 Å². The molecule has 0 aromatic carbocycles. The zero-order valence-electron chi connectivity index (χ0n) is 69.3. The Kier molecular flexibility index (Phi) is 81.3. The van der Waals surface area contributed by atoms with Crippen LogP contribution in [-0.4, -0.2) is 82.3 Å². The Bertz CT molecular complexity index is 2200. The van der Waals surface area contributed by atoms with Crippen LogP contribution >= 0.6 is 0 Å². The average Bonchev–Trinajstić information content (AvgIpc) is 1.18. The van der Waals surface area contributed by atoms with Crippen molar-refractivity contribution in [3.05, 3.63) is 134 Å². The molecular formula is C96H167NO8. The zero-order valence-corrected chi connectivity index (χ0v) is 69.3. The van der Waals surface area contributed by atoms with E-state index in [4.69, 9.17) is 18.9 Å². The van der Waals surface area contributed by atoms with Crippen LogP contribution in [0, 0.1) is 0 Å². The number of nitrogens with zero attached hydrogens (tertiary/aromatic N) is 1. The molecule has 604 valence electrons. The topological polar surface area (TPSA) is 111 Å². The molecule has 0 saturated carbocycles. The van der Waals surface area contributed by atoms with Crippen LogP contribution in [0.4, 0.5) is 0 Å². The number of carboxylic acids is 1. The molecular weight excluding hydrogens is 1300 g/mol. The van der Waals surface area contributed by atoms with Crippen LogP contribution in [0.2, 0.25) is 0 Å². The standard InChI is InChI=1S/C96H167NO8/c1-6-8-10-12-14-16-18-20-22-24-26-28-30-32-34-36-38-40-42-44-46-47-49-51-53-55-57-59-61-63-65-67-69-71-73-75-77-79-81-83-85-87-94(99)105-92(91-104-96(95(100)101)102-89-88-97(3,4)5)90-103-93(98)86-84-82-80-78-76-74-72-70-68-66-64-62-60-58-56-54-52-50-48-45-43-41-39-37-35-33-31-29-27-25-23-21-19-17-15-13-11-9-7-2/h8-11,14-17,20-23,26-29,32-35,38,40,92,96H,6-7,12-13,18-19,24-25,30-31,36-37,39,41-91H2,1-5H3/b10-8-,11-9-,16-14-,17-15-,22-20-,23-21-,28-26-,29-27-,34-32-,35-33-,40-38-. The molecule has 9 nitrogen and oxygen atoms in total. The van der Waals surface area contributed by atoms with Crippen molar-refractivity contribution in [1.29, 1.82) is 0 Å². The summed E-state index contributed by atoms with van der Waals surface area (Å²) in [7, 11) is 5.95. The van der Waals surface area contributed by atoms with Gasteiger partial charge in [-0.1, -0.05) is 411 Å². The normalized spacial score (nSPS) is 13.3. The quantitative estimate of drug-likeness (QED) is 0.0195. The lowest BCUT2D eigenvalue weighted by molar-refractivity contribution is -0.870. The van der Waals surface area contributed by atoms with Crippen LogP contribution in [-0.2, 0) is 33.3 Å².